The van der Waals surface area contributed by atoms with Gasteiger partial charge < -0.3 is 10.4 Å². The molecule has 0 fully saturated rings. The summed E-state index contributed by atoms with van der Waals surface area (Å²) in [6.45, 7) is 1.45. The first kappa shape index (κ1) is 13.2. The Hall–Kier alpha value is -2.86. The highest BCUT2D eigenvalue weighted by Crippen LogP contribution is 2.21. The predicted octanol–water partition coefficient (Wildman–Crippen LogP) is 2.18. The van der Waals surface area contributed by atoms with Crippen molar-refractivity contribution in [2.75, 3.05) is 5.32 Å². The number of aromatic carboxylic acids is 1. The minimum absolute atomic E-state index is 0.190. The molecule has 0 spiro atoms. The van der Waals surface area contributed by atoms with Crippen molar-refractivity contribution < 1.29 is 14.3 Å². The molecule has 1 aromatic rings. The number of nitrogens with zero attached hydrogens (tertiary/aromatic N) is 2. The van der Waals surface area contributed by atoms with Gasteiger partial charge in [-0.3, -0.25) is 0 Å². The summed E-state index contributed by atoms with van der Waals surface area (Å²) in [6.07, 6.45) is 1.09. The first-order chi connectivity index (χ1) is 8.49. The Bertz CT molecular complexity index is 593. The van der Waals surface area contributed by atoms with Gasteiger partial charge in [-0.15, -0.1) is 0 Å². The van der Waals surface area contributed by atoms with E-state index in [-0.39, 0.29) is 22.4 Å². The molecule has 0 radical (unpaired) electrons. The van der Waals surface area contributed by atoms with Gasteiger partial charge in [0.2, 0.25) is 0 Å². The van der Waals surface area contributed by atoms with Crippen LogP contribution in [0.25, 0.3) is 0 Å². The average Bonchev–Trinajstić information content (AvgIpc) is 2.34. The molecule has 18 heavy (non-hydrogen) atoms. The smallest absolute Gasteiger partial charge is 0.335 e. The number of hydrogen-bond donors (Lipinski definition) is 2. The number of halogens is 1. The zero-order chi connectivity index (χ0) is 13.7. The summed E-state index contributed by atoms with van der Waals surface area (Å²) in [7, 11) is 0. The number of carboxylic acid groups (broad SMARTS) is 1. The Balaban J connectivity index is 3.18. The second-order valence-electron chi connectivity index (χ2n) is 3.36. The fourth-order valence-corrected chi connectivity index (χ4v) is 1.19. The van der Waals surface area contributed by atoms with Crippen LogP contribution in [0.2, 0.25) is 0 Å². The molecular formula is C12H8FN3O2. The van der Waals surface area contributed by atoms with Crippen LogP contribution < -0.4 is 5.32 Å². The number of nitrogens with one attached hydrogen (secondary N) is 1. The van der Waals surface area contributed by atoms with Gasteiger partial charge in [0, 0.05) is 17.5 Å². The topological polar surface area (TPSA) is 96.9 Å². The lowest BCUT2D eigenvalue weighted by Crippen LogP contribution is -2.02. The van der Waals surface area contributed by atoms with Gasteiger partial charge in [-0.25, -0.2) is 9.18 Å². The standard InChI is InChI=1S/C12H8FN3O2/c1-7-10(13)2-9(12(17)18)3-11(7)16-6-8(4-14)5-15/h2-3,6,16H,1H3,(H,17,18). The lowest BCUT2D eigenvalue weighted by molar-refractivity contribution is 0.0696. The highest BCUT2D eigenvalue weighted by Gasteiger charge is 2.11. The van der Waals surface area contributed by atoms with Crippen LogP contribution in [0.1, 0.15) is 15.9 Å². The molecular weight excluding hydrogens is 237 g/mol. The largest absolute Gasteiger partial charge is 0.478 e. The molecule has 0 bridgehead atoms. The first-order valence-corrected chi connectivity index (χ1v) is 4.80. The SMILES string of the molecule is Cc1c(F)cc(C(=O)O)cc1NC=C(C#N)C#N. The van der Waals surface area contributed by atoms with Gasteiger partial charge in [-0.05, 0) is 19.1 Å². The summed E-state index contributed by atoms with van der Waals surface area (Å²) in [4.78, 5) is 10.8. The summed E-state index contributed by atoms with van der Waals surface area (Å²) in [5.41, 5.74) is -0.0260. The zero-order valence-electron chi connectivity index (χ0n) is 9.36. The van der Waals surface area contributed by atoms with Gasteiger partial charge in [0.25, 0.3) is 0 Å². The van der Waals surface area contributed by atoms with Crippen LogP contribution in [0.3, 0.4) is 0 Å². The van der Waals surface area contributed by atoms with E-state index in [4.69, 9.17) is 15.6 Å². The fourth-order valence-electron chi connectivity index (χ4n) is 1.19. The van der Waals surface area contributed by atoms with Crippen molar-refractivity contribution in [2.45, 2.75) is 6.92 Å². The monoisotopic (exact) mass is 245 g/mol. The van der Waals surface area contributed by atoms with Crippen LogP contribution in [-0.2, 0) is 0 Å². The molecule has 0 aliphatic heterocycles. The van der Waals surface area contributed by atoms with Gasteiger partial charge in [0.05, 0.1) is 5.56 Å². The van der Waals surface area contributed by atoms with Crippen molar-refractivity contribution >= 4 is 11.7 Å². The third-order valence-corrected chi connectivity index (χ3v) is 2.20. The molecule has 0 amide bonds. The van der Waals surface area contributed by atoms with Gasteiger partial charge in [0.1, 0.15) is 23.5 Å². The maximum absolute atomic E-state index is 13.4. The molecule has 6 heteroatoms. The highest BCUT2D eigenvalue weighted by molar-refractivity contribution is 5.89. The Morgan fingerprint density at radius 3 is 2.56 bits per heavy atom. The molecule has 1 aromatic carbocycles. The molecule has 90 valence electrons. The molecule has 0 heterocycles. The minimum Gasteiger partial charge on any atom is -0.478 e. The molecule has 0 unspecified atom stereocenters. The summed E-state index contributed by atoms with van der Waals surface area (Å²) in [5, 5.41) is 28.4. The normalized spacial score (nSPS) is 8.89. The van der Waals surface area contributed by atoms with Crippen molar-refractivity contribution in [3.63, 3.8) is 0 Å². The van der Waals surface area contributed by atoms with E-state index in [2.05, 4.69) is 5.32 Å². The summed E-state index contributed by atoms with van der Waals surface area (Å²) in [5.74, 6) is -1.94. The second-order valence-corrected chi connectivity index (χ2v) is 3.36. The summed E-state index contributed by atoms with van der Waals surface area (Å²) < 4.78 is 13.4. The third kappa shape index (κ3) is 2.83. The van der Waals surface area contributed by atoms with E-state index in [0.717, 1.165) is 12.3 Å². The maximum atomic E-state index is 13.4. The molecule has 0 saturated heterocycles. The molecule has 5 nitrogen and oxygen atoms in total. The van der Waals surface area contributed by atoms with E-state index in [9.17, 15) is 9.18 Å². The summed E-state index contributed by atoms with van der Waals surface area (Å²) >= 11 is 0. The number of allylic oxidation sites excluding steroid dienone is 1. The Labute approximate surface area is 102 Å². The van der Waals surface area contributed by atoms with E-state index >= 15 is 0 Å². The number of rotatable bonds is 3. The van der Waals surface area contributed by atoms with Crippen molar-refractivity contribution in [1.29, 1.82) is 10.5 Å². The molecule has 2 N–H and O–H groups in total. The fraction of sp³-hybridized carbons (Fsp3) is 0.0833. The van der Waals surface area contributed by atoms with E-state index < -0.39 is 11.8 Å². The van der Waals surface area contributed by atoms with Crippen molar-refractivity contribution in [3.8, 4) is 12.1 Å². The highest BCUT2D eigenvalue weighted by atomic mass is 19.1. The quantitative estimate of drug-likeness (QED) is 0.795. The Morgan fingerprint density at radius 1 is 1.44 bits per heavy atom. The van der Waals surface area contributed by atoms with Gasteiger partial charge >= 0.3 is 5.97 Å². The third-order valence-electron chi connectivity index (χ3n) is 2.20. The number of nitriles is 2. The number of anilines is 1. The van der Waals surface area contributed by atoms with E-state index in [1.807, 2.05) is 0 Å². The van der Waals surface area contributed by atoms with Crippen molar-refractivity contribution in [2.24, 2.45) is 0 Å². The molecule has 1 rings (SSSR count). The van der Waals surface area contributed by atoms with Crippen molar-refractivity contribution in [1.82, 2.24) is 0 Å². The Morgan fingerprint density at radius 2 is 2.06 bits per heavy atom. The zero-order valence-corrected chi connectivity index (χ0v) is 9.36. The number of carbonyl (C=O) groups is 1. The lowest BCUT2D eigenvalue weighted by Gasteiger charge is -2.08. The average molecular weight is 245 g/mol. The molecule has 0 aromatic heterocycles. The number of carboxylic acids is 1. The minimum atomic E-state index is -1.26. The molecule has 0 saturated carbocycles. The first-order valence-electron chi connectivity index (χ1n) is 4.80. The maximum Gasteiger partial charge on any atom is 0.335 e. The van der Waals surface area contributed by atoms with Gasteiger partial charge in [-0.2, -0.15) is 10.5 Å². The van der Waals surface area contributed by atoms with E-state index in [1.54, 1.807) is 12.1 Å². The van der Waals surface area contributed by atoms with Crippen LogP contribution >= 0.6 is 0 Å². The number of benzene rings is 1. The van der Waals surface area contributed by atoms with Gasteiger partial charge in [0.15, 0.2) is 0 Å². The molecule has 0 aliphatic rings. The van der Waals surface area contributed by atoms with Crippen LogP contribution in [0.15, 0.2) is 23.9 Å². The van der Waals surface area contributed by atoms with Crippen LogP contribution in [0.5, 0.6) is 0 Å². The lowest BCUT2D eigenvalue weighted by atomic mass is 10.1. The van der Waals surface area contributed by atoms with Crippen LogP contribution in [0, 0.1) is 35.4 Å². The van der Waals surface area contributed by atoms with E-state index in [1.165, 1.54) is 13.0 Å². The summed E-state index contributed by atoms with van der Waals surface area (Å²) in [6, 6.07) is 5.37. The molecule has 0 atom stereocenters. The second kappa shape index (κ2) is 5.46. The predicted molar refractivity (Wildman–Crippen MR) is 61.0 cm³/mol. The molecule has 0 aliphatic carbocycles. The van der Waals surface area contributed by atoms with Crippen LogP contribution in [0.4, 0.5) is 10.1 Å². The van der Waals surface area contributed by atoms with Gasteiger partial charge in [-0.1, -0.05) is 0 Å². The van der Waals surface area contributed by atoms with Crippen LogP contribution in [-0.4, -0.2) is 11.1 Å². The Kier molecular flexibility index (Phi) is 4.01. The number of hydrogen-bond acceptors (Lipinski definition) is 4. The van der Waals surface area contributed by atoms with E-state index in [0.29, 0.717) is 0 Å². The van der Waals surface area contributed by atoms with Crippen molar-refractivity contribution in [3.05, 3.63) is 40.8 Å².